The summed E-state index contributed by atoms with van der Waals surface area (Å²) < 4.78 is 6.60. The molecule has 0 bridgehead atoms. The van der Waals surface area contributed by atoms with Gasteiger partial charge in [0.15, 0.2) is 5.58 Å². The predicted octanol–water partition coefficient (Wildman–Crippen LogP) is 15.4. The van der Waals surface area contributed by atoms with Gasteiger partial charge in [-0.3, -0.25) is 0 Å². The van der Waals surface area contributed by atoms with Crippen LogP contribution in [0, 0.1) is 0 Å². The molecule has 0 atom stereocenters. The second-order valence-electron chi connectivity index (χ2n) is 13.7. The van der Waals surface area contributed by atoms with E-state index in [9.17, 15) is 0 Å². The average molecular weight is 706 g/mol. The number of anilines is 3. The Kier molecular flexibility index (Phi) is 8.99. The fourth-order valence-electron chi connectivity index (χ4n) is 7.78. The Morgan fingerprint density at radius 1 is 0.527 bits per heavy atom. The molecule has 0 unspecified atom stereocenters. The Morgan fingerprint density at radius 3 is 1.91 bits per heavy atom. The van der Waals surface area contributed by atoms with E-state index in [0.717, 1.165) is 55.7 Å². The van der Waals surface area contributed by atoms with Crippen LogP contribution in [0.15, 0.2) is 217 Å². The first-order valence-corrected chi connectivity index (χ1v) is 18.7. The predicted molar refractivity (Wildman–Crippen MR) is 235 cm³/mol. The van der Waals surface area contributed by atoms with Gasteiger partial charge < -0.3 is 9.32 Å². The highest BCUT2D eigenvalue weighted by Crippen LogP contribution is 2.43. The van der Waals surface area contributed by atoms with Gasteiger partial charge in [0.25, 0.3) is 0 Å². The molecule has 2 nitrogen and oxygen atoms in total. The van der Waals surface area contributed by atoms with Crippen molar-refractivity contribution in [2.24, 2.45) is 0 Å². The topological polar surface area (TPSA) is 16.4 Å². The summed E-state index contributed by atoms with van der Waals surface area (Å²) in [6, 6.07) is 64.9. The zero-order valence-corrected chi connectivity index (χ0v) is 30.7. The molecule has 1 aromatic heterocycles. The van der Waals surface area contributed by atoms with Crippen LogP contribution in [0.5, 0.6) is 0 Å². The van der Waals surface area contributed by atoms with Crippen LogP contribution in [-0.4, -0.2) is 0 Å². The van der Waals surface area contributed by atoms with Crippen LogP contribution < -0.4 is 4.90 Å². The number of benzene rings is 8. The summed E-state index contributed by atoms with van der Waals surface area (Å²) in [7, 11) is 0. The molecule has 0 spiro atoms. The third-order valence-corrected chi connectivity index (χ3v) is 10.4. The molecule has 0 aliphatic heterocycles. The van der Waals surface area contributed by atoms with Gasteiger partial charge in [-0.2, -0.15) is 0 Å². The highest BCUT2D eigenvalue weighted by molar-refractivity contribution is 6.10. The summed E-state index contributed by atoms with van der Waals surface area (Å²) in [5.74, 6) is 0. The molecule has 262 valence electrons. The number of para-hydroxylation sites is 2. The molecule has 0 N–H and O–H groups in total. The lowest BCUT2D eigenvalue weighted by Crippen LogP contribution is -2.10. The molecular formula is C53H39NO. The van der Waals surface area contributed by atoms with Crippen LogP contribution in [0.4, 0.5) is 17.1 Å². The van der Waals surface area contributed by atoms with Gasteiger partial charge in [-0.15, -0.1) is 0 Å². The van der Waals surface area contributed by atoms with Crippen LogP contribution in [0.3, 0.4) is 0 Å². The van der Waals surface area contributed by atoms with Crippen molar-refractivity contribution in [1.82, 2.24) is 0 Å². The normalized spacial score (nSPS) is 11.8. The number of hydrogen-bond acceptors (Lipinski definition) is 2. The van der Waals surface area contributed by atoms with E-state index in [1.165, 1.54) is 38.6 Å². The number of allylic oxidation sites excluding steroid dienone is 5. The van der Waals surface area contributed by atoms with Gasteiger partial charge in [-0.1, -0.05) is 170 Å². The van der Waals surface area contributed by atoms with E-state index in [-0.39, 0.29) is 0 Å². The van der Waals surface area contributed by atoms with Gasteiger partial charge in [0.2, 0.25) is 0 Å². The van der Waals surface area contributed by atoms with Crippen molar-refractivity contribution in [1.29, 1.82) is 0 Å². The minimum atomic E-state index is 0.860. The lowest BCUT2D eigenvalue weighted by atomic mass is 9.90. The van der Waals surface area contributed by atoms with Gasteiger partial charge in [-0.05, 0) is 105 Å². The maximum atomic E-state index is 6.60. The monoisotopic (exact) mass is 705 g/mol. The van der Waals surface area contributed by atoms with Gasteiger partial charge in [0.05, 0.1) is 5.69 Å². The van der Waals surface area contributed by atoms with Crippen LogP contribution in [0.2, 0.25) is 0 Å². The summed E-state index contributed by atoms with van der Waals surface area (Å²) >= 11 is 0. The molecule has 1 heterocycles. The summed E-state index contributed by atoms with van der Waals surface area (Å²) in [4.78, 5) is 2.31. The second kappa shape index (κ2) is 14.7. The Bertz CT molecular complexity index is 2870. The van der Waals surface area contributed by atoms with Crippen molar-refractivity contribution in [3.05, 3.63) is 218 Å². The van der Waals surface area contributed by atoms with Crippen molar-refractivity contribution in [2.45, 2.75) is 6.92 Å². The minimum absolute atomic E-state index is 0.860. The van der Waals surface area contributed by atoms with Crippen molar-refractivity contribution in [3.8, 4) is 33.4 Å². The van der Waals surface area contributed by atoms with E-state index < -0.39 is 0 Å². The van der Waals surface area contributed by atoms with Crippen LogP contribution in [-0.2, 0) is 0 Å². The summed E-state index contributed by atoms with van der Waals surface area (Å²) in [6.07, 6.45) is 8.14. The largest absolute Gasteiger partial charge is 0.454 e. The van der Waals surface area contributed by atoms with E-state index in [1.807, 2.05) is 25.1 Å². The zero-order valence-electron chi connectivity index (χ0n) is 30.7. The molecule has 0 radical (unpaired) electrons. The number of hydrogen-bond donors (Lipinski definition) is 0. The van der Waals surface area contributed by atoms with Crippen LogP contribution >= 0.6 is 0 Å². The molecule has 55 heavy (non-hydrogen) atoms. The van der Waals surface area contributed by atoms with Gasteiger partial charge in [-0.25, -0.2) is 0 Å². The standard InChI is InChI=1S/C53H39NO/c1-3-14-38(15-4-2)47-35-30-42(36-50(47)40-16-6-5-7-17-40)37-26-31-43(32-27-37)54(51-24-13-23-49-48-21-10-11-25-52(48)55-53(49)51)44-33-28-41(29-34-44)46-22-12-19-39-18-8-9-20-45(39)46/h3-36H,1H2,2H3/b15-4-,38-14+. The van der Waals surface area contributed by atoms with E-state index >= 15 is 0 Å². The minimum Gasteiger partial charge on any atom is -0.454 e. The molecule has 9 rings (SSSR count). The molecule has 8 aromatic carbocycles. The smallest absolute Gasteiger partial charge is 0.159 e. The SMILES string of the molecule is C=C/C=C(\C=C/C)c1ccc(-c2ccc(N(c3ccc(-c4cccc5ccccc45)cc3)c3cccc4c3oc3ccccc34)cc2)cc1-c1ccccc1. The number of furan rings is 1. The molecular weight excluding hydrogens is 667 g/mol. The molecule has 0 saturated heterocycles. The first-order chi connectivity index (χ1) is 27.2. The van der Waals surface area contributed by atoms with E-state index in [1.54, 1.807) is 0 Å². The molecule has 0 amide bonds. The van der Waals surface area contributed by atoms with Crippen LogP contribution in [0.25, 0.3) is 71.7 Å². The highest BCUT2D eigenvalue weighted by atomic mass is 16.3. The maximum Gasteiger partial charge on any atom is 0.159 e. The van der Waals surface area contributed by atoms with Crippen molar-refractivity contribution in [3.63, 3.8) is 0 Å². The summed E-state index contributed by atoms with van der Waals surface area (Å²) in [5, 5.41) is 4.69. The fourth-order valence-corrected chi connectivity index (χ4v) is 7.78. The van der Waals surface area contributed by atoms with E-state index in [2.05, 4.69) is 200 Å². The molecule has 0 aliphatic carbocycles. The van der Waals surface area contributed by atoms with E-state index in [4.69, 9.17) is 4.42 Å². The first kappa shape index (κ1) is 33.7. The van der Waals surface area contributed by atoms with Crippen molar-refractivity contribution < 1.29 is 4.42 Å². The second-order valence-corrected chi connectivity index (χ2v) is 13.7. The summed E-state index contributed by atoms with van der Waals surface area (Å²) in [5.41, 5.74) is 14.1. The molecule has 2 heteroatoms. The van der Waals surface area contributed by atoms with Gasteiger partial charge in [0.1, 0.15) is 5.58 Å². The number of nitrogens with zero attached hydrogens (tertiary/aromatic N) is 1. The van der Waals surface area contributed by atoms with E-state index in [0.29, 0.717) is 0 Å². The van der Waals surface area contributed by atoms with Gasteiger partial charge >= 0.3 is 0 Å². The lowest BCUT2D eigenvalue weighted by Gasteiger charge is -2.26. The average Bonchev–Trinajstić information content (AvgIpc) is 3.64. The van der Waals surface area contributed by atoms with Gasteiger partial charge in [0, 0.05) is 22.1 Å². The quantitative estimate of drug-likeness (QED) is 0.139. The maximum absolute atomic E-state index is 6.60. The Balaban J connectivity index is 1.16. The fraction of sp³-hybridized carbons (Fsp3) is 0.0189. The van der Waals surface area contributed by atoms with Crippen molar-refractivity contribution >= 4 is 55.3 Å². The van der Waals surface area contributed by atoms with Crippen molar-refractivity contribution in [2.75, 3.05) is 4.90 Å². The number of rotatable bonds is 9. The molecule has 0 aliphatic rings. The zero-order chi connectivity index (χ0) is 37.1. The van der Waals surface area contributed by atoms with Crippen LogP contribution in [0.1, 0.15) is 12.5 Å². The Hall–Kier alpha value is -7.16. The highest BCUT2D eigenvalue weighted by Gasteiger charge is 2.20. The Labute approximate surface area is 322 Å². The summed E-state index contributed by atoms with van der Waals surface area (Å²) in [6.45, 7) is 6.03. The molecule has 0 saturated carbocycles. The Morgan fingerprint density at radius 2 is 1.15 bits per heavy atom. The number of fused-ring (bicyclic) bond motifs is 4. The third kappa shape index (κ3) is 6.34. The first-order valence-electron chi connectivity index (χ1n) is 18.7. The lowest BCUT2D eigenvalue weighted by molar-refractivity contribution is 0.669. The third-order valence-electron chi connectivity index (χ3n) is 10.4. The molecule has 0 fully saturated rings. The molecule has 9 aromatic rings.